The molecular weight excluding hydrogens is 419 g/mol. The summed E-state index contributed by atoms with van der Waals surface area (Å²) in [4.78, 5) is 44.8. The molecule has 0 spiro atoms. The SMILES string of the molecule is Cc1cccc(NC(=O)C2CC(=O)Nc3nc(SCc4ccc(F)cc4)[nH]c(=O)c32)c1. The van der Waals surface area contributed by atoms with Crippen LogP contribution in [0.15, 0.2) is 58.5 Å². The predicted molar refractivity (Wildman–Crippen MR) is 117 cm³/mol. The minimum atomic E-state index is -0.948. The van der Waals surface area contributed by atoms with Gasteiger partial charge in [0.15, 0.2) is 5.16 Å². The van der Waals surface area contributed by atoms with Crippen LogP contribution in [0.2, 0.25) is 0 Å². The average molecular weight is 438 g/mol. The van der Waals surface area contributed by atoms with Crippen LogP contribution in [0.5, 0.6) is 0 Å². The summed E-state index contributed by atoms with van der Waals surface area (Å²) >= 11 is 1.24. The molecule has 1 aromatic heterocycles. The van der Waals surface area contributed by atoms with Crippen LogP contribution in [-0.4, -0.2) is 21.8 Å². The van der Waals surface area contributed by atoms with Crippen molar-refractivity contribution in [1.29, 1.82) is 0 Å². The number of rotatable bonds is 5. The Bertz CT molecular complexity index is 1210. The predicted octanol–water partition coefficient (Wildman–Crippen LogP) is 3.57. The molecule has 0 bridgehead atoms. The first-order chi connectivity index (χ1) is 14.9. The van der Waals surface area contributed by atoms with Gasteiger partial charge in [-0.1, -0.05) is 36.0 Å². The van der Waals surface area contributed by atoms with Crippen molar-refractivity contribution in [3.63, 3.8) is 0 Å². The molecule has 3 aromatic rings. The Kier molecular flexibility index (Phi) is 5.85. The smallest absolute Gasteiger partial charge is 0.257 e. The van der Waals surface area contributed by atoms with E-state index in [1.54, 1.807) is 24.3 Å². The van der Waals surface area contributed by atoms with Crippen molar-refractivity contribution in [2.75, 3.05) is 10.6 Å². The number of aromatic amines is 1. The van der Waals surface area contributed by atoms with Crippen LogP contribution in [0.25, 0.3) is 0 Å². The van der Waals surface area contributed by atoms with E-state index in [0.29, 0.717) is 16.6 Å². The lowest BCUT2D eigenvalue weighted by atomic mass is 9.92. The van der Waals surface area contributed by atoms with Crippen LogP contribution >= 0.6 is 11.8 Å². The second-order valence-electron chi connectivity index (χ2n) is 7.21. The van der Waals surface area contributed by atoms with Gasteiger partial charge in [0, 0.05) is 17.9 Å². The number of benzene rings is 2. The molecule has 2 amide bonds. The fourth-order valence-electron chi connectivity index (χ4n) is 3.33. The Labute approximate surface area is 181 Å². The number of thioether (sulfide) groups is 1. The highest BCUT2D eigenvalue weighted by atomic mass is 32.2. The molecule has 1 aliphatic rings. The maximum absolute atomic E-state index is 13.0. The molecule has 7 nitrogen and oxygen atoms in total. The Balaban J connectivity index is 1.57. The third kappa shape index (κ3) is 4.83. The van der Waals surface area contributed by atoms with Crippen molar-refractivity contribution in [3.05, 3.63) is 81.4 Å². The highest BCUT2D eigenvalue weighted by Gasteiger charge is 2.34. The van der Waals surface area contributed by atoms with Gasteiger partial charge in [-0.25, -0.2) is 9.37 Å². The normalized spacial score (nSPS) is 15.2. The van der Waals surface area contributed by atoms with Gasteiger partial charge in [0.2, 0.25) is 11.8 Å². The quantitative estimate of drug-likeness (QED) is 0.417. The summed E-state index contributed by atoms with van der Waals surface area (Å²) in [5.41, 5.74) is 2.08. The molecule has 158 valence electrons. The molecule has 0 saturated heterocycles. The summed E-state index contributed by atoms with van der Waals surface area (Å²) in [6.45, 7) is 1.90. The summed E-state index contributed by atoms with van der Waals surface area (Å²) in [6.07, 6.45) is -0.141. The van der Waals surface area contributed by atoms with Crippen LogP contribution in [0, 0.1) is 12.7 Å². The molecule has 31 heavy (non-hydrogen) atoms. The maximum atomic E-state index is 13.0. The number of hydrogen-bond donors (Lipinski definition) is 3. The van der Waals surface area contributed by atoms with E-state index in [0.717, 1.165) is 11.1 Å². The fraction of sp³-hybridized carbons (Fsp3) is 0.182. The van der Waals surface area contributed by atoms with E-state index in [4.69, 9.17) is 0 Å². The highest BCUT2D eigenvalue weighted by molar-refractivity contribution is 7.98. The Morgan fingerprint density at radius 2 is 2.00 bits per heavy atom. The molecular formula is C22H19FN4O3S. The molecule has 0 aliphatic carbocycles. The monoisotopic (exact) mass is 438 g/mol. The number of carbonyl (C=O) groups excluding carboxylic acids is 2. The first kappa shape index (κ1) is 20.8. The second kappa shape index (κ2) is 8.73. The van der Waals surface area contributed by atoms with Gasteiger partial charge < -0.3 is 15.6 Å². The molecule has 2 aromatic carbocycles. The fourth-order valence-corrected chi connectivity index (χ4v) is 4.14. The van der Waals surface area contributed by atoms with Crippen LogP contribution < -0.4 is 16.2 Å². The lowest BCUT2D eigenvalue weighted by Crippen LogP contribution is -2.36. The van der Waals surface area contributed by atoms with Crippen LogP contribution in [-0.2, 0) is 15.3 Å². The number of fused-ring (bicyclic) bond motifs is 1. The zero-order valence-corrected chi connectivity index (χ0v) is 17.4. The minimum Gasteiger partial charge on any atom is -0.326 e. The van der Waals surface area contributed by atoms with Gasteiger partial charge >= 0.3 is 0 Å². The van der Waals surface area contributed by atoms with Crippen molar-refractivity contribution >= 4 is 35.1 Å². The summed E-state index contributed by atoms with van der Waals surface area (Å²) in [7, 11) is 0. The number of anilines is 2. The van der Waals surface area contributed by atoms with Gasteiger partial charge in [-0.3, -0.25) is 14.4 Å². The van der Waals surface area contributed by atoms with Crippen molar-refractivity contribution < 1.29 is 14.0 Å². The molecule has 1 aliphatic heterocycles. The summed E-state index contributed by atoms with van der Waals surface area (Å²) < 4.78 is 13.0. The molecule has 9 heteroatoms. The van der Waals surface area contributed by atoms with Gasteiger partial charge in [-0.15, -0.1) is 0 Å². The third-order valence-corrected chi connectivity index (χ3v) is 5.76. The van der Waals surface area contributed by atoms with Crippen molar-refractivity contribution in [2.24, 2.45) is 0 Å². The zero-order chi connectivity index (χ0) is 22.0. The number of carbonyl (C=O) groups is 2. The summed E-state index contributed by atoms with van der Waals surface area (Å²) in [5, 5.41) is 5.66. The van der Waals surface area contributed by atoms with E-state index in [1.165, 1.54) is 23.9 Å². The Morgan fingerprint density at radius 1 is 1.23 bits per heavy atom. The van der Waals surface area contributed by atoms with Crippen molar-refractivity contribution in [2.45, 2.75) is 30.2 Å². The molecule has 1 atom stereocenters. The molecule has 0 fully saturated rings. The zero-order valence-electron chi connectivity index (χ0n) is 16.6. The number of nitrogens with one attached hydrogen (secondary N) is 3. The van der Waals surface area contributed by atoms with Crippen LogP contribution in [0.4, 0.5) is 15.9 Å². The van der Waals surface area contributed by atoms with Gasteiger partial charge in [0.25, 0.3) is 5.56 Å². The minimum absolute atomic E-state index is 0.0889. The van der Waals surface area contributed by atoms with Gasteiger partial charge in [-0.05, 0) is 42.3 Å². The number of amides is 2. The van der Waals surface area contributed by atoms with E-state index >= 15 is 0 Å². The molecule has 1 unspecified atom stereocenters. The van der Waals surface area contributed by atoms with Crippen molar-refractivity contribution in [3.8, 4) is 0 Å². The first-order valence-electron chi connectivity index (χ1n) is 9.58. The van der Waals surface area contributed by atoms with E-state index in [9.17, 15) is 18.8 Å². The van der Waals surface area contributed by atoms with Gasteiger partial charge in [0.05, 0.1) is 11.5 Å². The number of nitrogens with zero attached hydrogens (tertiary/aromatic N) is 1. The molecule has 3 N–H and O–H groups in total. The number of hydrogen-bond acceptors (Lipinski definition) is 5. The van der Waals surface area contributed by atoms with Crippen LogP contribution in [0.1, 0.15) is 29.0 Å². The van der Waals surface area contributed by atoms with Gasteiger partial charge in [-0.2, -0.15) is 0 Å². The summed E-state index contributed by atoms with van der Waals surface area (Å²) in [5.74, 6) is -1.56. The summed E-state index contributed by atoms with van der Waals surface area (Å²) in [6, 6.07) is 13.3. The standard InChI is InChI=1S/C22H19FN4O3S/c1-12-3-2-4-15(9-12)24-20(29)16-10-17(28)25-19-18(16)21(30)27-22(26-19)31-11-13-5-7-14(23)8-6-13/h2-9,16H,10-11H2,1H3,(H,24,29)(H2,25,26,27,28,30). The van der Waals surface area contributed by atoms with E-state index in [2.05, 4.69) is 20.6 Å². The average Bonchev–Trinajstić information content (AvgIpc) is 2.72. The number of aromatic nitrogens is 2. The van der Waals surface area contributed by atoms with Crippen LogP contribution in [0.3, 0.4) is 0 Å². The molecule has 4 rings (SSSR count). The number of aryl methyl sites for hydroxylation is 1. The molecule has 0 saturated carbocycles. The number of halogens is 1. The molecule has 2 heterocycles. The largest absolute Gasteiger partial charge is 0.326 e. The highest BCUT2D eigenvalue weighted by Crippen LogP contribution is 2.31. The third-order valence-electron chi connectivity index (χ3n) is 4.82. The van der Waals surface area contributed by atoms with E-state index in [-0.39, 0.29) is 29.5 Å². The topological polar surface area (TPSA) is 104 Å². The second-order valence-corrected chi connectivity index (χ2v) is 8.18. The van der Waals surface area contributed by atoms with Crippen molar-refractivity contribution in [1.82, 2.24) is 9.97 Å². The Morgan fingerprint density at radius 3 is 2.74 bits per heavy atom. The van der Waals surface area contributed by atoms with E-state index in [1.807, 2.05) is 19.1 Å². The lowest BCUT2D eigenvalue weighted by molar-refractivity contribution is -0.123. The first-order valence-corrected chi connectivity index (χ1v) is 10.6. The lowest BCUT2D eigenvalue weighted by Gasteiger charge is -2.23. The van der Waals surface area contributed by atoms with E-state index < -0.39 is 17.4 Å². The maximum Gasteiger partial charge on any atom is 0.257 e. The Hall–Kier alpha value is -3.46. The molecule has 0 radical (unpaired) electrons. The number of H-pyrrole nitrogens is 1. The van der Waals surface area contributed by atoms with Gasteiger partial charge in [0.1, 0.15) is 11.6 Å².